The number of anilines is 1. The summed E-state index contributed by atoms with van der Waals surface area (Å²) in [5, 5.41) is 13.0. The van der Waals surface area contributed by atoms with Crippen molar-refractivity contribution in [2.75, 3.05) is 18.9 Å². The summed E-state index contributed by atoms with van der Waals surface area (Å²) in [6.07, 6.45) is 2.91. The number of hydrogen-bond donors (Lipinski definition) is 3. The fourth-order valence-corrected chi connectivity index (χ4v) is 3.70. The second-order valence-electron chi connectivity index (χ2n) is 6.00. The van der Waals surface area contributed by atoms with Crippen LogP contribution in [0.25, 0.3) is 10.1 Å². The third-order valence-corrected chi connectivity index (χ3v) is 5.50. The number of carbonyl (C=O) groups excluding carboxylic acids is 1. The molecule has 0 atom stereocenters. The van der Waals surface area contributed by atoms with E-state index >= 15 is 0 Å². The van der Waals surface area contributed by atoms with Crippen molar-refractivity contribution in [3.8, 4) is 0 Å². The first kappa shape index (κ1) is 14.4. The van der Waals surface area contributed by atoms with Gasteiger partial charge in [-0.1, -0.05) is 11.6 Å². The van der Waals surface area contributed by atoms with Gasteiger partial charge in [-0.3, -0.25) is 4.79 Å². The highest BCUT2D eigenvalue weighted by molar-refractivity contribution is 7.21. The largest absolute Gasteiger partial charge is 0.397 e. The number of hydrogen-bond acceptors (Lipinski definition) is 4. The Morgan fingerprint density at radius 3 is 2.90 bits per heavy atom. The number of nitrogens with two attached hydrogens (primary N) is 1. The van der Waals surface area contributed by atoms with Crippen LogP contribution in [0.15, 0.2) is 18.2 Å². The number of fused-ring (bicyclic) bond motifs is 1. The van der Waals surface area contributed by atoms with Gasteiger partial charge in [-0.15, -0.1) is 11.3 Å². The first-order valence-electron chi connectivity index (χ1n) is 7.22. The zero-order valence-corrected chi connectivity index (χ0v) is 12.9. The summed E-state index contributed by atoms with van der Waals surface area (Å²) in [4.78, 5) is 12.9. The maximum absolute atomic E-state index is 12.4. The third-order valence-electron chi connectivity index (χ3n) is 4.31. The average molecular weight is 304 g/mol. The molecule has 0 spiro atoms. The lowest BCUT2D eigenvalue weighted by molar-refractivity contribution is 0.0945. The van der Waals surface area contributed by atoms with E-state index in [4.69, 9.17) is 10.8 Å². The molecule has 0 unspecified atom stereocenters. The number of aliphatic hydroxyl groups excluding tert-OH is 1. The number of amides is 1. The highest BCUT2D eigenvalue weighted by Gasteiger charge is 2.42. The number of aliphatic hydroxyl groups is 1. The van der Waals surface area contributed by atoms with Crippen molar-refractivity contribution in [2.45, 2.75) is 26.2 Å². The number of carbonyl (C=O) groups is 1. The predicted octanol–water partition coefficient (Wildman–Crippen LogP) is 2.68. The van der Waals surface area contributed by atoms with Gasteiger partial charge in [0.05, 0.1) is 5.69 Å². The highest BCUT2D eigenvalue weighted by atomic mass is 32.1. The van der Waals surface area contributed by atoms with Gasteiger partial charge in [-0.2, -0.15) is 0 Å². The zero-order valence-electron chi connectivity index (χ0n) is 12.1. The van der Waals surface area contributed by atoms with Gasteiger partial charge in [-0.05, 0) is 43.7 Å². The van der Waals surface area contributed by atoms with E-state index in [0.717, 1.165) is 34.9 Å². The Labute approximate surface area is 128 Å². The second-order valence-corrected chi connectivity index (χ2v) is 7.05. The van der Waals surface area contributed by atoms with Crippen LogP contribution in [0.1, 0.15) is 34.5 Å². The molecule has 1 saturated carbocycles. The SMILES string of the molecule is Cc1ccc2sc(C(=O)NCC3(CCO)CC3)c(N)c2c1. The van der Waals surface area contributed by atoms with Gasteiger partial charge in [0.15, 0.2) is 0 Å². The van der Waals surface area contributed by atoms with Crippen LogP contribution in [0.3, 0.4) is 0 Å². The van der Waals surface area contributed by atoms with Crippen molar-refractivity contribution < 1.29 is 9.90 Å². The number of rotatable bonds is 5. The van der Waals surface area contributed by atoms with Crippen molar-refractivity contribution in [1.82, 2.24) is 5.32 Å². The minimum atomic E-state index is -0.101. The van der Waals surface area contributed by atoms with Crippen molar-refractivity contribution >= 4 is 33.0 Å². The smallest absolute Gasteiger partial charge is 0.263 e. The Morgan fingerprint density at radius 1 is 1.48 bits per heavy atom. The Morgan fingerprint density at radius 2 is 2.24 bits per heavy atom. The van der Waals surface area contributed by atoms with Gasteiger partial charge in [0.1, 0.15) is 4.88 Å². The summed E-state index contributed by atoms with van der Waals surface area (Å²) < 4.78 is 1.04. The molecule has 1 aliphatic rings. The molecule has 0 saturated heterocycles. The molecule has 0 aliphatic heterocycles. The molecule has 1 aliphatic carbocycles. The average Bonchev–Trinajstić information content (AvgIpc) is 3.16. The van der Waals surface area contributed by atoms with E-state index in [2.05, 4.69) is 5.32 Å². The predicted molar refractivity (Wildman–Crippen MR) is 86.7 cm³/mol. The molecule has 0 radical (unpaired) electrons. The third kappa shape index (κ3) is 2.76. The maximum Gasteiger partial charge on any atom is 0.263 e. The Balaban J connectivity index is 1.77. The van der Waals surface area contributed by atoms with E-state index in [0.29, 0.717) is 17.1 Å². The van der Waals surface area contributed by atoms with Crippen LogP contribution >= 0.6 is 11.3 Å². The van der Waals surface area contributed by atoms with Crippen LogP contribution in [0, 0.1) is 12.3 Å². The molecule has 1 aromatic heterocycles. The van der Waals surface area contributed by atoms with E-state index in [-0.39, 0.29) is 17.9 Å². The Bertz CT molecular complexity index is 689. The summed E-state index contributed by atoms with van der Waals surface area (Å²) in [7, 11) is 0. The molecule has 5 heteroatoms. The molecule has 1 fully saturated rings. The number of nitrogen functional groups attached to an aromatic ring is 1. The summed E-state index contributed by atoms with van der Waals surface area (Å²) in [5.74, 6) is -0.101. The zero-order chi connectivity index (χ0) is 15.0. The molecule has 3 rings (SSSR count). The Kier molecular flexibility index (Phi) is 3.63. The van der Waals surface area contributed by atoms with Gasteiger partial charge in [0, 0.05) is 23.2 Å². The van der Waals surface area contributed by atoms with Gasteiger partial charge < -0.3 is 16.2 Å². The van der Waals surface area contributed by atoms with Crippen molar-refractivity contribution in [1.29, 1.82) is 0 Å². The molecular formula is C16H20N2O2S. The van der Waals surface area contributed by atoms with Crippen LogP contribution in [0.2, 0.25) is 0 Å². The van der Waals surface area contributed by atoms with Gasteiger partial charge in [0.25, 0.3) is 5.91 Å². The molecule has 4 nitrogen and oxygen atoms in total. The number of thiophene rings is 1. The number of benzene rings is 1. The van der Waals surface area contributed by atoms with E-state index in [1.54, 1.807) is 0 Å². The summed E-state index contributed by atoms with van der Waals surface area (Å²) in [6, 6.07) is 6.06. The fourth-order valence-electron chi connectivity index (χ4n) is 2.68. The van der Waals surface area contributed by atoms with E-state index < -0.39 is 0 Å². The first-order chi connectivity index (χ1) is 10.0. The van der Waals surface area contributed by atoms with Crippen LogP contribution in [-0.2, 0) is 0 Å². The van der Waals surface area contributed by atoms with Gasteiger partial charge in [0.2, 0.25) is 0 Å². The summed E-state index contributed by atoms with van der Waals surface area (Å²) >= 11 is 1.44. The van der Waals surface area contributed by atoms with Crippen molar-refractivity contribution in [2.24, 2.45) is 5.41 Å². The highest BCUT2D eigenvalue weighted by Crippen LogP contribution is 2.48. The molecule has 4 N–H and O–H groups in total. The van der Waals surface area contributed by atoms with Crippen LogP contribution < -0.4 is 11.1 Å². The number of nitrogens with one attached hydrogen (secondary N) is 1. The molecule has 0 bridgehead atoms. The molecule has 1 amide bonds. The molecular weight excluding hydrogens is 284 g/mol. The van der Waals surface area contributed by atoms with Gasteiger partial charge >= 0.3 is 0 Å². The first-order valence-corrected chi connectivity index (χ1v) is 8.04. The molecule has 1 aromatic carbocycles. The second kappa shape index (κ2) is 5.31. The molecule has 1 heterocycles. The van der Waals surface area contributed by atoms with E-state index in [1.807, 2.05) is 25.1 Å². The van der Waals surface area contributed by atoms with Gasteiger partial charge in [-0.25, -0.2) is 0 Å². The minimum Gasteiger partial charge on any atom is -0.397 e. The monoisotopic (exact) mass is 304 g/mol. The molecule has 2 aromatic rings. The lowest BCUT2D eigenvalue weighted by Gasteiger charge is -2.14. The quantitative estimate of drug-likeness (QED) is 0.795. The fraction of sp³-hybridized carbons (Fsp3) is 0.438. The maximum atomic E-state index is 12.4. The molecule has 112 valence electrons. The van der Waals surface area contributed by atoms with E-state index in [1.165, 1.54) is 11.3 Å². The summed E-state index contributed by atoms with van der Waals surface area (Å²) in [6.45, 7) is 2.82. The van der Waals surface area contributed by atoms with E-state index in [9.17, 15) is 4.79 Å². The van der Waals surface area contributed by atoms with Crippen LogP contribution in [0.4, 0.5) is 5.69 Å². The van der Waals surface area contributed by atoms with Crippen molar-refractivity contribution in [3.05, 3.63) is 28.6 Å². The Hall–Kier alpha value is -1.59. The summed E-state index contributed by atoms with van der Waals surface area (Å²) in [5.41, 5.74) is 7.96. The topological polar surface area (TPSA) is 75.3 Å². The normalized spacial score (nSPS) is 16.1. The lowest BCUT2D eigenvalue weighted by Crippen LogP contribution is -2.30. The van der Waals surface area contributed by atoms with Crippen LogP contribution in [0.5, 0.6) is 0 Å². The standard InChI is InChI=1S/C16H20N2O2S/c1-10-2-3-12-11(8-10)13(17)14(21-12)15(20)18-9-16(4-5-16)6-7-19/h2-3,8,19H,4-7,9,17H2,1H3,(H,18,20). The minimum absolute atomic E-state index is 0.101. The lowest BCUT2D eigenvalue weighted by atomic mass is 10.0. The van der Waals surface area contributed by atoms with Crippen molar-refractivity contribution in [3.63, 3.8) is 0 Å². The number of aryl methyl sites for hydroxylation is 1. The molecule has 21 heavy (non-hydrogen) atoms. The van der Waals surface area contributed by atoms with Crippen LogP contribution in [-0.4, -0.2) is 24.2 Å².